The van der Waals surface area contributed by atoms with Crippen molar-refractivity contribution in [1.29, 1.82) is 0 Å². The molecule has 6 nitrogen and oxygen atoms in total. The number of furan rings is 1. The van der Waals surface area contributed by atoms with Gasteiger partial charge in [-0.05, 0) is 48.9 Å². The highest BCUT2D eigenvalue weighted by atomic mass is 35.5. The molecular weight excluding hydrogens is 402 g/mol. The molecule has 3 aromatic rings. The van der Waals surface area contributed by atoms with E-state index in [-0.39, 0.29) is 18.4 Å². The topological polar surface area (TPSA) is 58.7 Å². The Kier molecular flexibility index (Phi) is 7.36. The molecule has 2 amide bonds. The van der Waals surface area contributed by atoms with Gasteiger partial charge in [0.2, 0.25) is 5.91 Å². The summed E-state index contributed by atoms with van der Waals surface area (Å²) in [4.78, 5) is 29.5. The van der Waals surface area contributed by atoms with Crippen LogP contribution in [0.15, 0.2) is 65.4 Å². The minimum atomic E-state index is -0.204. The molecular formula is C23H26ClN3O3. The summed E-state index contributed by atoms with van der Waals surface area (Å²) < 4.78 is 7.43. The molecule has 0 N–H and O–H groups in total. The molecule has 158 valence electrons. The van der Waals surface area contributed by atoms with Crippen LogP contribution in [-0.4, -0.2) is 39.3 Å². The van der Waals surface area contributed by atoms with Crippen molar-refractivity contribution < 1.29 is 14.0 Å². The van der Waals surface area contributed by atoms with Gasteiger partial charge in [0.25, 0.3) is 5.91 Å². The third-order valence-corrected chi connectivity index (χ3v) is 5.10. The fraction of sp³-hybridized carbons (Fsp3) is 0.304. The maximum atomic E-state index is 13.2. The first-order valence-electron chi connectivity index (χ1n) is 9.93. The Morgan fingerprint density at radius 1 is 1.07 bits per heavy atom. The summed E-state index contributed by atoms with van der Waals surface area (Å²) in [6.45, 7) is 3.21. The van der Waals surface area contributed by atoms with Crippen molar-refractivity contribution in [3.05, 3.63) is 83.0 Å². The predicted octanol–water partition coefficient (Wildman–Crippen LogP) is 4.35. The Morgan fingerprint density at radius 2 is 1.90 bits per heavy atom. The van der Waals surface area contributed by atoms with E-state index in [0.29, 0.717) is 36.0 Å². The minimum Gasteiger partial charge on any atom is -0.467 e. The standard InChI is InChI=1S/C23H26ClN3O3/c1-3-11-26(23(29)18-7-4-8-19(24)14-18)17-22(28)27(16-21-10-6-13-30-21)15-20-9-5-12-25(20)2/h4-10,12-14H,3,11,15-17H2,1-2H3. The van der Waals surface area contributed by atoms with Crippen LogP contribution < -0.4 is 0 Å². The van der Waals surface area contributed by atoms with E-state index in [2.05, 4.69) is 0 Å². The van der Waals surface area contributed by atoms with Gasteiger partial charge in [-0.1, -0.05) is 24.6 Å². The Balaban J connectivity index is 1.78. The number of aromatic nitrogens is 1. The smallest absolute Gasteiger partial charge is 0.254 e. The number of aryl methyl sites for hydroxylation is 1. The number of hydrogen-bond acceptors (Lipinski definition) is 3. The first-order valence-corrected chi connectivity index (χ1v) is 10.3. The van der Waals surface area contributed by atoms with Crippen LogP contribution in [0.1, 0.15) is 35.2 Å². The molecule has 0 bridgehead atoms. The Morgan fingerprint density at radius 3 is 2.53 bits per heavy atom. The summed E-state index contributed by atoms with van der Waals surface area (Å²) in [6.07, 6.45) is 4.28. The summed E-state index contributed by atoms with van der Waals surface area (Å²) in [5.74, 6) is 0.349. The summed E-state index contributed by atoms with van der Waals surface area (Å²) in [6, 6.07) is 14.4. The highest BCUT2D eigenvalue weighted by Crippen LogP contribution is 2.15. The van der Waals surface area contributed by atoms with Gasteiger partial charge in [0.1, 0.15) is 12.3 Å². The van der Waals surface area contributed by atoms with Crippen molar-refractivity contribution in [3.8, 4) is 0 Å². The van der Waals surface area contributed by atoms with E-state index >= 15 is 0 Å². The van der Waals surface area contributed by atoms with Crippen LogP contribution in [0.3, 0.4) is 0 Å². The van der Waals surface area contributed by atoms with Crippen molar-refractivity contribution in [3.63, 3.8) is 0 Å². The molecule has 0 aliphatic heterocycles. The van der Waals surface area contributed by atoms with E-state index in [1.54, 1.807) is 46.4 Å². The summed E-state index contributed by atoms with van der Waals surface area (Å²) >= 11 is 6.04. The molecule has 0 atom stereocenters. The van der Waals surface area contributed by atoms with Gasteiger partial charge in [-0.2, -0.15) is 0 Å². The van der Waals surface area contributed by atoms with Crippen LogP contribution in [0.25, 0.3) is 0 Å². The summed E-state index contributed by atoms with van der Waals surface area (Å²) in [5.41, 5.74) is 1.47. The quantitative estimate of drug-likeness (QED) is 0.510. The molecule has 0 unspecified atom stereocenters. The van der Waals surface area contributed by atoms with Gasteiger partial charge in [-0.15, -0.1) is 0 Å². The fourth-order valence-corrected chi connectivity index (χ4v) is 3.46. The van der Waals surface area contributed by atoms with Crippen molar-refractivity contribution in [1.82, 2.24) is 14.4 Å². The summed E-state index contributed by atoms with van der Waals surface area (Å²) in [7, 11) is 1.94. The van der Waals surface area contributed by atoms with Gasteiger partial charge in [0.15, 0.2) is 0 Å². The lowest BCUT2D eigenvalue weighted by Gasteiger charge is -2.27. The van der Waals surface area contributed by atoms with E-state index in [1.807, 2.05) is 42.9 Å². The minimum absolute atomic E-state index is 0.00961. The molecule has 2 heterocycles. The maximum Gasteiger partial charge on any atom is 0.254 e. The van der Waals surface area contributed by atoms with Crippen LogP contribution in [0.2, 0.25) is 5.02 Å². The zero-order valence-electron chi connectivity index (χ0n) is 17.3. The van der Waals surface area contributed by atoms with Crippen LogP contribution in [-0.2, 0) is 24.9 Å². The molecule has 3 rings (SSSR count). The monoisotopic (exact) mass is 427 g/mol. The third kappa shape index (κ3) is 5.54. The number of carbonyl (C=O) groups excluding carboxylic acids is 2. The number of nitrogens with zero attached hydrogens (tertiary/aromatic N) is 3. The molecule has 0 spiro atoms. The highest BCUT2D eigenvalue weighted by Gasteiger charge is 2.23. The highest BCUT2D eigenvalue weighted by molar-refractivity contribution is 6.31. The largest absolute Gasteiger partial charge is 0.467 e. The van der Waals surface area contributed by atoms with Gasteiger partial charge in [-0.25, -0.2) is 0 Å². The normalized spacial score (nSPS) is 10.8. The van der Waals surface area contributed by atoms with Crippen molar-refractivity contribution in [2.75, 3.05) is 13.1 Å². The SMILES string of the molecule is CCCN(CC(=O)N(Cc1ccco1)Cc1cccn1C)C(=O)c1cccc(Cl)c1. The van der Waals surface area contributed by atoms with Gasteiger partial charge < -0.3 is 18.8 Å². The Hall–Kier alpha value is -2.99. The second kappa shape index (κ2) is 10.2. The number of carbonyl (C=O) groups is 2. The van der Waals surface area contributed by atoms with E-state index in [1.165, 1.54) is 0 Å². The van der Waals surface area contributed by atoms with E-state index in [9.17, 15) is 9.59 Å². The maximum absolute atomic E-state index is 13.2. The molecule has 0 radical (unpaired) electrons. The predicted molar refractivity (Wildman–Crippen MR) is 116 cm³/mol. The summed E-state index contributed by atoms with van der Waals surface area (Å²) in [5, 5.41) is 0.492. The number of halogens is 1. The molecule has 0 saturated carbocycles. The van der Waals surface area contributed by atoms with E-state index < -0.39 is 0 Å². The van der Waals surface area contributed by atoms with Crippen molar-refractivity contribution in [2.24, 2.45) is 7.05 Å². The van der Waals surface area contributed by atoms with Gasteiger partial charge >= 0.3 is 0 Å². The van der Waals surface area contributed by atoms with E-state index in [0.717, 1.165) is 12.1 Å². The molecule has 0 saturated heterocycles. The molecule has 0 fully saturated rings. The first kappa shape index (κ1) is 21.7. The number of amides is 2. The van der Waals surface area contributed by atoms with Crippen LogP contribution in [0.4, 0.5) is 0 Å². The Labute approximate surface area is 181 Å². The second-order valence-corrected chi connectivity index (χ2v) is 7.61. The lowest BCUT2D eigenvalue weighted by atomic mass is 10.2. The fourth-order valence-electron chi connectivity index (χ4n) is 3.27. The lowest BCUT2D eigenvalue weighted by Crippen LogP contribution is -2.43. The van der Waals surface area contributed by atoms with Crippen LogP contribution >= 0.6 is 11.6 Å². The molecule has 0 aliphatic rings. The van der Waals surface area contributed by atoms with Crippen LogP contribution in [0.5, 0.6) is 0 Å². The van der Waals surface area contributed by atoms with Crippen molar-refractivity contribution >= 4 is 23.4 Å². The first-order chi connectivity index (χ1) is 14.5. The molecule has 2 aromatic heterocycles. The number of rotatable bonds is 9. The zero-order valence-corrected chi connectivity index (χ0v) is 18.0. The average molecular weight is 428 g/mol. The Bertz CT molecular complexity index is 981. The lowest BCUT2D eigenvalue weighted by molar-refractivity contribution is -0.133. The second-order valence-electron chi connectivity index (χ2n) is 7.18. The third-order valence-electron chi connectivity index (χ3n) is 4.86. The molecule has 30 heavy (non-hydrogen) atoms. The van der Waals surface area contributed by atoms with Gasteiger partial charge in [-0.3, -0.25) is 9.59 Å². The molecule has 0 aliphatic carbocycles. The number of hydrogen-bond donors (Lipinski definition) is 0. The van der Waals surface area contributed by atoms with Gasteiger partial charge in [0, 0.05) is 36.1 Å². The van der Waals surface area contributed by atoms with Crippen molar-refractivity contribution in [2.45, 2.75) is 26.4 Å². The molecule has 7 heteroatoms. The zero-order chi connectivity index (χ0) is 21.5. The van der Waals surface area contributed by atoms with E-state index in [4.69, 9.17) is 16.0 Å². The number of benzene rings is 1. The van der Waals surface area contributed by atoms with Gasteiger partial charge in [0.05, 0.1) is 19.4 Å². The average Bonchev–Trinajstić information content (AvgIpc) is 3.38. The van der Waals surface area contributed by atoms with Crippen LogP contribution in [0, 0.1) is 0 Å². The molecule has 1 aromatic carbocycles.